The lowest BCUT2D eigenvalue weighted by Gasteiger charge is -2.13. The molecule has 0 fully saturated rings. The van der Waals surface area contributed by atoms with Crippen LogP contribution in [-0.4, -0.2) is 27.7 Å². The Hall–Kier alpha value is -3.09. The number of aryl methyl sites for hydroxylation is 1. The quantitative estimate of drug-likeness (QED) is 0.695. The highest BCUT2D eigenvalue weighted by molar-refractivity contribution is 5.44. The first kappa shape index (κ1) is 15.8. The second kappa shape index (κ2) is 7.45. The molecule has 0 aliphatic carbocycles. The third-order valence-corrected chi connectivity index (χ3v) is 3.67. The van der Waals surface area contributed by atoms with Gasteiger partial charge in [-0.15, -0.1) is 5.10 Å². The van der Waals surface area contributed by atoms with Gasteiger partial charge in [-0.05, 0) is 41.0 Å². The van der Waals surface area contributed by atoms with E-state index in [2.05, 4.69) is 45.0 Å². The number of tetrazole rings is 1. The highest BCUT2D eigenvalue weighted by atomic mass is 16.5. The van der Waals surface area contributed by atoms with Crippen molar-refractivity contribution >= 4 is 5.95 Å². The number of hydrogen-bond donors (Lipinski definition) is 2. The summed E-state index contributed by atoms with van der Waals surface area (Å²) < 4.78 is 11.4. The molecule has 3 aromatic rings. The van der Waals surface area contributed by atoms with Crippen molar-refractivity contribution in [2.24, 2.45) is 0 Å². The molecule has 0 aliphatic rings. The number of anilines is 1. The third kappa shape index (κ3) is 3.81. The van der Waals surface area contributed by atoms with Crippen LogP contribution in [0, 0.1) is 6.92 Å². The second-order valence-electron chi connectivity index (χ2n) is 5.29. The Morgan fingerprint density at radius 1 is 1.12 bits per heavy atom. The summed E-state index contributed by atoms with van der Waals surface area (Å²) in [5.74, 6) is 1.86. The topological polar surface area (TPSA) is 85.0 Å². The van der Waals surface area contributed by atoms with Crippen LogP contribution in [0.25, 0.3) is 0 Å². The molecule has 0 saturated heterocycles. The van der Waals surface area contributed by atoms with E-state index in [4.69, 9.17) is 9.47 Å². The van der Waals surface area contributed by atoms with Crippen LogP contribution in [-0.2, 0) is 13.2 Å². The maximum absolute atomic E-state index is 5.92. The summed E-state index contributed by atoms with van der Waals surface area (Å²) in [7, 11) is 1.63. The van der Waals surface area contributed by atoms with Crippen molar-refractivity contribution < 1.29 is 9.47 Å². The molecule has 0 radical (unpaired) electrons. The van der Waals surface area contributed by atoms with E-state index in [1.165, 1.54) is 5.56 Å². The number of hydrogen-bond acceptors (Lipinski definition) is 6. The lowest BCUT2D eigenvalue weighted by molar-refractivity contribution is 0.283. The highest BCUT2D eigenvalue weighted by Gasteiger charge is 2.08. The number of aromatic amines is 1. The Bertz CT molecular complexity index is 789. The maximum atomic E-state index is 5.92. The fraction of sp³-hybridized carbons (Fsp3) is 0.235. The summed E-state index contributed by atoms with van der Waals surface area (Å²) in [4.78, 5) is 0. The van der Waals surface area contributed by atoms with Crippen molar-refractivity contribution in [3.05, 3.63) is 59.2 Å². The van der Waals surface area contributed by atoms with Crippen molar-refractivity contribution in [2.45, 2.75) is 20.1 Å². The number of aromatic nitrogens is 4. The van der Waals surface area contributed by atoms with Crippen LogP contribution in [0.4, 0.5) is 5.95 Å². The molecule has 124 valence electrons. The average molecular weight is 325 g/mol. The average Bonchev–Trinajstić information content (AvgIpc) is 3.13. The Morgan fingerprint density at radius 2 is 2.00 bits per heavy atom. The van der Waals surface area contributed by atoms with E-state index in [1.54, 1.807) is 7.11 Å². The Kier molecular flexibility index (Phi) is 4.90. The van der Waals surface area contributed by atoms with Gasteiger partial charge in [-0.25, -0.2) is 0 Å². The normalized spacial score (nSPS) is 10.4. The van der Waals surface area contributed by atoms with E-state index >= 15 is 0 Å². The lowest BCUT2D eigenvalue weighted by Crippen LogP contribution is -2.03. The standard InChI is InChI=1S/C17H19N5O2/c1-12-5-3-4-6-14(12)11-24-15-8-7-13(9-16(15)23-2)10-18-17-19-21-22-20-17/h3-9H,10-11H2,1-2H3,(H2,18,19,20,21,22). The molecule has 1 heterocycles. The van der Waals surface area contributed by atoms with E-state index in [0.29, 0.717) is 30.6 Å². The molecule has 2 aromatic carbocycles. The molecule has 0 spiro atoms. The van der Waals surface area contributed by atoms with Gasteiger partial charge < -0.3 is 14.8 Å². The van der Waals surface area contributed by atoms with Crippen molar-refractivity contribution in [1.29, 1.82) is 0 Å². The fourth-order valence-electron chi connectivity index (χ4n) is 2.29. The molecule has 24 heavy (non-hydrogen) atoms. The molecule has 0 saturated carbocycles. The molecular weight excluding hydrogens is 306 g/mol. The molecule has 0 unspecified atom stereocenters. The second-order valence-corrected chi connectivity index (χ2v) is 5.29. The van der Waals surface area contributed by atoms with Crippen molar-refractivity contribution in [1.82, 2.24) is 20.6 Å². The molecule has 0 amide bonds. The smallest absolute Gasteiger partial charge is 0.263 e. The monoisotopic (exact) mass is 325 g/mol. The number of nitrogens with one attached hydrogen (secondary N) is 2. The van der Waals surface area contributed by atoms with Crippen molar-refractivity contribution in [3.63, 3.8) is 0 Å². The number of nitrogens with zero attached hydrogens (tertiary/aromatic N) is 3. The fourth-order valence-corrected chi connectivity index (χ4v) is 2.29. The van der Waals surface area contributed by atoms with Gasteiger partial charge in [0.1, 0.15) is 6.61 Å². The van der Waals surface area contributed by atoms with E-state index in [-0.39, 0.29) is 0 Å². The predicted molar refractivity (Wildman–Crippen MR) is 90.0 cm³/mol. The van der Waals surface area contributed by atoms with E-state index < -0.39 is 0 Å². The van der Waals surface area contributed by atoms with E-state index in [9.17, 15) is 0 Å². The summed E-state index contributed by atoms with van der Waals surface area (Å²) in [6.45, 7) is 3.14. The number of benzene rings is 2. The zero-order valence-electron chi connectivity index (χ0n) is 13.6. The van der Waals surface area contributed by atoms with Crippen LogP contribution in [0.1, 0.15) is 16.7 Å². The SMILES string of the molecule is COc1cc(CNc2nn[nH]n2)ccc1OCc1ccccc1C. The van der Waals surface area contributed by atoms with Gasteiger partial charge in [0, 0.05) is 6.54 Å². The summed E-state index contributed by atoms with van der Waals surface area (Å²) in [6.07, 6.45) is 0. The minimum Gasteiger partial charge on any atom is -0.493 e. The maximum Gasteiger partial charge on any atom is 0.263 e. The summed E-state index contributed by atoms with van der Waals surface area (Å²) in [6, 6.07) is 14.0. The molecular formula is C17H19N5O2. The highest BCUT2D eigenvalue weighted by Crippen LogP contribution is 2.29. The number of ether oxygens (including phenoxy) is 2. The van der Waals surface area contributed by atoms with Crippen LogP contribution in [0.15, 0.2) is 42.5 Å². The minimum absolute atomic E-state index is 0.453. The van der Waals surface area contributed by atoms with Gasteiger partial charge in [-0.1, -0.05) is 35.4 Å². The van der Waals surface area contributed by atoms with E-state index in [0.717, 1.165) is 11.1 Å². The molecule has 3 rings (SSSR count). The first-order valence-corrected chi connectivity index (χ1v) is 7.58. The number of methoxy groups -OCH3 is 1. The summed E-state index contributed by atoms with van der Waals surface area (Å²) in [5.41, 5.74) is 3.39. The van der Waals surface area contributed by atoms with Gasteiger partial charge in [0.05, 0.1) is 7.11 Å². The predicted octanol–water partition coefficient (Wildman–Crippen LogP) is 2.71. The molecule has 7 nitrogen and oxygen atoms in total. The molecule has 0 bridgehead atoms. The first-order chi connectivity index (χ1) is 11.8. The lowest BCUT2D eigenvalue weighted by atomic mass is 10.1. The molecule has 1 aromatic heterocycles. The Balaban J connectivity index is 1.66. The number of H-pyrrole nitrogens is 1. The summed E-state index contributed by atoms with van der Waals surface area (Å²) >= 11 is 0. The van der Waals surface area contributed by atoms with Gasteiger partial charge in [0.2, 0.25) is 0 Å². The molecule has 0 atom stereocenters. The van der Waals surface area contributed by atoms with Gasteiger partial charge in [0.25, 0.3) is 5.95 Å². The third-order valence-electron chi connectivity index (χ3n) is 3.67. The Morgan fingerprint density at radius 3 is 2.75 bits per heavy atom. The molecule has 0 aliphatic heterocycles. The summed E-state index contributed by atoms with van der Waals surface area (Å²) in [5, 5.41) is 16.7. The van der Waals surface area contributed by atoms with E-state index in [1.807, 2.05) is 30.3 Å². The first-order valence-electron chi connectivity index (χ1n) is 7.58. The zero-order chi connectivity index (χ0) is 16.8. The van der Waals surface area contributed by atoms with Gasteiger partial charge in [0.15, 0.2) is 11.5 Å². The van der Waals surface area contributed by atoms with Gasteiger partial charge >= 0.3 is 0 Å². The van der Waals surface area contributed by atoms with Crippen LogP contribution in [0.3, 0.4) is 0 Å². The van der Waals surface area contributed by atoms with Crippen LogP contribution in [0.2, 0.25) is 0 Å². The van der Waals surface area contributed by atoms with Crippen LogP contribution < -0.4 is 14.8 Å². The largest absolute Gasteiger partial charge is 0.493 e. The number of rotatable bonds is 7. The van der Waals surface area contributed by atoms with Crippen LogP contribution >= 0.6 is 0 Å². The van der Waals surface area contributed by atoms with Gasteiger partial charge in [-0.2, -0.15) is 5.21 Å². The van der Waals surface area contributed by atoms with Crippen molar-refractivity contribution in [2.75, 3.05) is 12.4 Å². The zero-order valence-corrected chi connectivity index (χ0v) is 13.6. The molecule has 7 heteroatoms. The van der Waals surface area contributed by atoms with Gasteiger partial charge in [-0.3, -0.25) is 0 Å². The minimum atomic E-state index is 0.453. The molecule has 2 N–H and O–H groups in total. The Labute approximate surface area is 140 Å². The van der Waals surface area contributed by atoms with Crippen LogP contribution in [0.5, 0.6) is 11.5 Å². The van der Waals surface area contributed by atoms with Crippen molar-refractivity contribution in [3.8, 4) is 11.5 Å².